The minimum absolute atomic E-state index is 0.170. The topological polar surface area (TPSA) is 81.8 Å². The number of carboxylic acid groups (broad SMARTS) is 1. The zero-order valence-corrected chi connectivity index (χ0v) is 21.4. The van der Waals surface area contributed by atoms with Crippen LogP contribution in [0.1, 0.15) is 76.9 Å². The first-order valence-corrected chi connectivity index (χ1v) is 12.6. The minimum atomic E-state index is -1.18. The molecule has 4 rings (SSSR count). The Balaban J connectivity index is 1.58. The van der Waals surface area contributed by atoms with Crippen LogP contribution in [0.5, 0.6) is 0 Å². The van der Waals surface area contributed by atoms with Crippen molar-refractivity contribution >= 4 is 16.7 Å². The number of benzene rings is 2. The van der Waals surface area contributed by atoms with Crippen molar-refractivity contribution in [2.45, 2.75) is 71.0 Å². The number of hydrogen-bond acceptors (Lipinski definition) is 5. The predicted octanol–water partition coefficient (Wildman–Crippen LogP) is 6.99. The molecule has 6 heteroatoms. The van der Waals surface area contributed by atoms with Crippen LogP contribution in [0.3, 0.4) is 0 Å². The number of aliphatic carboxylic acids is 1. The molecule has 0 aliphatic heterocycles. The molecule has 0 saturated heterocycles. The summed E-state index contributed by atoms with van der Waals surface area (Å²) in [4.78, 5) is 16.4. The van der Waals surface area contributed by atoms with Crippen molar-refractivity contribution in [2.75, 3.05) is 13.7 Å². The van der Waals surface area contributed by atoms with Crippen LogP contribution in [0.2, 0.25) is 0 Å². The highest BCUT2D eigenvalue weighted by atomic mass is 16.5. The summed E-state index contributed by atoms with van der Waals surface area (Å²) < 4.78 is 18.2. The second-order valence-electron chi connectivity index (χ2n) is 10.6. The lowest BCUT2D eigenvalue weighted by Gasteiger charge is -2.34. The average molecular weight is 480 g/mol. The highest BCUT2D eigenvalue weighted by Crippen LogP contribution is 2.42. The molecule has 35 heavy (non-hydrogen) atoms. The van der Waals surface area contributed by atoms with Gasteiger partial charge in [0.25, 0.3) is 0 Å². The third-order valence-corrected chi connectivity index (χ3v) is 7.17. The lowest BCUT2D eigenvalue weighted by Crippen LogP contribution is -2.37. The summed E-state index contributed by atoms with van der Waals surface area (Å²) >= 11 is 0. The number of hydrogen-bond donors (Lipinski definition) is 1. The number of carbonyl (C=O) groups is 1. The van der Waals surface area contributed by atoms with Crippen molar-refractivity contribution < 1.29 is 23.8 Å². The van der Waals surface area contributed by atoms with Crippen LogP contribution < -0.4 is 0 Å². The Morgan fingerprint density at radius 1 is 1.17 bits per heavy atom. The SMILES string of the molecule is COC(c1nc(-c2ccc3ccccc3c2)oc1C(C)C)[C@@H]1CCC[C@H](COC(C)(C)C(=O)O)C1. The van der Waals surface area contributed by atoms with Gasteiger partial charge in [0.15, 0.2) is 5.60 Å². The normalized spacial score (nSPS) is 19.8. The number of rotatable bonds is 9. The molecule has 1 aliphatic rings. The van der Waals surface area contributed by atoms with E-state index in [4.69, 9.17) is 18.9 Å². The minimum Gasteiger partial charge on any atom is -0.479 e. The maximum absolute atomic E-state index is 11.4. The van der Waals surface area contributed by atoms with Crippen LogP contribution in [-0.2, 0) is 14.3 Å². The molecule has 188 valence electrons. The highest BCUT2D eigenvalue weighted by molar-refractivity contribution is 5.86. The summed E-state index contributed by atoms with van der Waals surface area (Å²) in [5.41, 5.74) is 0.653. The number of fused-ring (bicyclic) bond motifs is 1. The zero-order chi connectivity index (χ0) is 25.2. The Hall–Kier alpha value is -2.70. The van der Waals surface area contributed by atoms with E-state index in [2.05, 4.69) is 44.2 Å². The summed E-state index contributed by atoms with van der Waals surface area (Å²) in [6.07, 6.45) is 3.84. The Morgan fingerprint density at radius 2 is 1.91 bits per heavy atom. The van der Waals surface area contributed by atoms with E-state index < -0.39 is 11.6 Å². The van der Waals surface area contributed by atoms with Gasteiger partial charge in [-0.2, -0.15) is 0 Å². The van der Waals surface area contributed by atoms with E-state index in [0.717, 1.165) is 48.1 Å². The van der Waals surface area contributed by atoms with Crippen molar-refractivity contribution in [2.24, 2.45) is 11.8 Å². The molecular weight excluding hydrogens is 442 g/mol. The third-order valence-electron chi connectivity index (χ3n) is 7.17. The number of aromatic nitrogens is 1. The fraction of sp³-hybridized carbons (Fsp3) is 0.517. The first kappa shape index (κ1) is 25.4. The summed E-state index contributed by atoms with van der Waals surface area (Å²) in [6.45, 7) is 7.88. The first-order valence-electron chi connectivity index (χ1n) is 12.6. The van der Waals surface area contributed by atoms with Gasteiger partial charge < -0.3 is 19.0 Å². The van der Waals surface area contributed by atoms with Gasteiger partial charge in [0.1, 0.15) is 17.6 Å². The first-order chi connectivity index (χ1) is 16.7. The second kappa shape index (κ2) is 10.5. The molecule has 3 atom stereocenters. The van der Waals surface area contributed by atoms with Gasteiger partial charge in [0.05, 0.1) is 6.61 Å². The van der Waals surface area contributed by atoms with Crippen LogP contribution in [0.4, 0.5) is 0 Å². The van der Waals surface area contributed by atoms with Gasteiger partial charge in [-0.3, -0.25) is 0 Å². The monoisotopic (exact) mass is 479 g/mol. The maximum Gasteiger partial charge on any atom is 0.335 e. The number of carboxylic acids is 1. The molecule has 1 heterocycles. The van der Waals surface area contributed by atoms with Gasteiger partial charge in [0.2, 0.25) is 5.89 Å². The smallest absolute Gasteiger partial charge is 0.335 e. The van der Waals surface area contributed by atoms with E-state index in [9.17, 15) is 9.90 Å². The maximum atomic E-state index is 11.4. The van der Waals surface area contributed by atoms with E-state index in [0.29, 0.717) is 18.4 Å². The van der Waals surface area contributed by atoms with E-state index in [1.54, 1.807) is 21.0 Å². The van der Waals surface area contributed by atoms with Crippen LogP contribution >= 0.6 is 0 Å². The Bertz CT molecular complexity index is 1160. The van der Waals surface area contributed by atoms with Crippen molar-refractivity contribution in [3.63, 3.8) is 0 Å². The Labute approximate surface area is 207 Å². The van der Waals surface area contributed by atoms with Crippen molar-refractivity contribution in [3.05, 3.63) is 53.9 Å². The van der Waals surface area contributed by atoms with Crippen LogP contribution in [0.15, 0.2) is 46.9 Å². The van der Waals surface area contributed by atoms with E-state index in [-0.39, 0.29) is 17.9 Å². The van der Waals surface area contributed by atoms with Gasteiger partial charge in [-0.25, -0.2) is 9.78 Å². The van der Waals surface area contributed by atoms with Crippen molar-refractivity contribution in [3.8, 4) is 11.5 Å². The summed E-state index contributed by atoms with van der Waals surface area (Å²) in [5.74, 6) is 1.27. The molecule has 1 fully saturated rings. The second-order valence-corrected chi connectivity index (χ2v) is 10.6. The lowest BCUT2D eigenvalue weighted by molar-refractivity contribution is -0.163. The van der Waals surface area contributed by atoms with E-state index in [1.807, 2.05) is 12.1 Å². The van der Waals surface area contributed by atoms with Crippen molar-refractivity contribution in [1.29, 1.82) is 0 Å². The average Bonchev–Trinajstić information content (AvgIpc) is 3.29. The molecule has 1 N–H and O–H groups in total. The molecule has 0 bridgehead atoms. The summed E-state index contributed by atoms with van der Waals surface area (Å²) in [6, 6.07) is 14.5. The zero-order valence-electron chi connectivity index (χ0n) is 21.4. The molecule has 0 spiro atoms. The lowest BCUT2D eigenvalue weighted by atomic mass is 9.77. The van der Waals surface area contributed by atoms with Gasteiger partial charge in [-0.15, -0.1) is 0 Å². The number of ether oxygens (including phenoxy) is 2. The quantitative estimate of drug-likeness (QED) is 0.356. The molecular formula is C29H37NO5. The fourth-order valence-corrected chi connectivity index (χ4v) is 5.08. The van der Waals surface area contributed by atoms with E-state index in [1.165, 1.54) is 5.39 Å². The Morgan fingerprint density at radius 3 is 2.60 bits per heavy atom. The van der Waals surface area contributed by atoms with Gasteiger partial charge in [-0.1, -0.05) is 50.6 Å². The third kappa shape index (κ3) is 5.60. The number of nitrogens with zero attached hydrogens (tertiary/aromatic N) is 1. The summed E-state index contributed by atoms with van der Waals surface area (Å²) in [7, 11) is 1.74. The molecule has 1 aliphatic carbocycles. The van der Waals surface area contributed by atoms with Gasteiger partial charge in [-0.05, 0) is 67.9 Å². The van der Waals surface area contributed by atoms with Crippen LogP contribution in [0, 0.1) is 11.8 Å². The molecule has 0 radical (unpaired) electrons. The van der Waals surface area contributed by atoms with E-state index >= 15 is 0 Å². The highest BCUT2D eigenvalue weighted by Gasteiger charge is 2.36. The fourth-order valence-electron chi connectivity index (χ4n) is 5.08. The van der Waals surface area contributed by atoms with Gasteiger partial charge in [0, 0.05) is 18.6 Å². The van der Waals surface area contributed by atoms with Crippen LogP contribution in [-0.4, -0.2) is 35.4 Å². The van der Waals surface area contributed by atoms with Crippen LogP contribution in [0.25, 0.3) is 22.2 Å². The summed E-state index contributed by atoms with van der Waals surface area (Å²) in [5, 5.41) is 11.7. The number of oxazole rings is 1. The molecule has 3 aromatic rings. The molecule has 1 aromatic heterocycles. The molecule has 6 nitrogen and oxygen atoms in total. The molecule has 1 unspecified atom stereocenters. The van der Waals surface area contributed by atoms with Gasteiger partial charge >= 0.3 is 5.97 Å². The predicted molar refractivity (Wildman–Crippen MR) is 136 cm³/mol. The largest absolute Gasteiger partial charge is 0.479 e. The van der Waals surface area contributed by atoms with Crippen molar-refractivity contribution in [1.82, 2.24) is 4.98 Å². The molecule has 2 aromatic carbocycles. The molecule has 1 saturated carbocycles. The molecule has 0 amide bonds. The number of methoxy groups -OCH3 is 1. The Kier molecular flexibility index (Phi) is 7.62. The standard InChI is InChI=1S/C29H37NO5/c1-18(2)25-24(30-27(35-25)23-14-13-20-10-6-7-11-21(20)16-23)26(33-5)22-12-8-9-19(15-22)17-34-29(3,4)28(31)32/h6-7,10-11,13-14,16,18-19,22,26H,8-9,12,15,17H2,1-5H3,(H,31,32)/t19-,22+,26?/m0/s1.